The molecule has 0 saturated carbocycles. The topological polar surface area (TPSA) is 82.7 Å². The highest BCUT2D eigenvalue weighted by molar-refractivity contribution is 5.93. The van der Waals surface area contributed by atoms with Gasteiger partial charge in [0, 0.05) is 43.3 Å². The molecule has 6 heteroatoms. The van der Waals surface area contributed by atoms with Gasteiger partial charge in [0.2, 0.25) is 0 Å². The smallest absolute Gasteiger partial charge is 0.269 e. The molecule has 0 radical (unpaired) electrons. The maximum absolute atomic E-state index is 11.6. The number of anilines is 1. The molecule has 0 aliphatic carbocycles. The SMILES string of the molecule is CCNC(=O)c1cc(NCCc2cnc[nH]2)ccn1. The zero-order valence-electron chi connectivity index (χ0n) is 10.8. The van der Waals surface area contributed by atoms with Gasteiger partial charge in [0.05, 0.1) is 6.33 Å². The Labute approximate surface area is 111 Å². The predicted molar refractivity (Wildman–Crippen MR) is 73.0 cm³/mol. The van der Waals surface area contributed by atoms with Crippen LogP contribution in [0.25, 0.3) is 0 Å². The lowest BCUT2D eigenvalue weighted by Crippen LogP contribution is -2.23. The molecule has 0 bridgehead atoms. The van der Waals surface area contributed by atoms with Crippen molar-refractivity contribution in [3.8, 4) is 0 Å². The van der Waals surface area contributed by atoms with Crippen LogP contribution in [0.2, 0.25) is 0 Å². The summed E-state index contributed by atoms with van der Waals surface area (Å²) in [5.74, 6) is -0.153. The van der Waals surface area contributed by atoms with E-state index in [0.717, 1.165) is 24.3 Å². The first-order chi connectivity index (χ1) is 9.29. The molecule has 1 amide bonds. The van der Waals surface area contributed by atoms with Crippen LogP contribution in [0.3, 0.4) is 0 Å². The molecule has 0 fully saturated rings. The van der Waals surface area contributed by atoms with Crippen LogP contribution in [0.1, 0.15) is 23.1 Å². The largest absolute Gasteiger partial charge is 0.385 e. The summed E-state index contributed by atoms with van der Waals surface area (Å²) in [7, 11) is 0. The van der Waals surface area contributed by atoms with Gasteiger partial charge in [-0.1, -0.05) is 0 Å². The molecule has 2 heterocycles. The van der Waals surface area contributed by atoms with Crippen molar-refractivity contribution in [2.75, 3.05) is 18.4 Å². The van der Waals surface area contributed by atoms with Crippen molar-refractivity contribution < 1.29 is 4.79 Å². The fraction of sp³-hybridized carbons (Fsp3) is 0.308. The van der Waals surface area contributed by atoms with Gasteiger partial charge in [-0.3, -0.25) is 9.78 Å². The summed E-state index contributed by atoms with van der Waals surface area (Å²) in [5.41, 5.74) is 2.38. The number of hydrogen-bond acceptors (Lipinski definition) is 4. The monoisotopic (exact) mass is 259 g/mol. The second-order valence-corrected chi connectivity index (χ2v) is 4.04. The third-order valence-corrected chi connectivity index (χ3v) is 2.61. The number of nitrogens with zero attached hydrogens (tertiary/aromatic N) is 2. The Bertz CT molecular complexity index is 524. The number of amides is 1. The van der Waals surface area contributed by atoms with Crippen molar-refractivity contribution in [2.45, 2.75) is 13.3 Å². The third-order valence-electron chi connectivity index (χ3n) is 2.61. The van der Waals surface area contributed by atoms with Crippen LogP contribution >= 0.6 is 0 Å². The van der Waals surface area contributed by atoms with Gasteiger partial charge in [-0.2, -0.15) is 0 Å². The standard InChI is InChI=1S/C13H17N5O/c1-2-15-13(19)12-7-10(3-6-17-12)16-5-4-11-8-14-9-18-11/h3,6-9H,2,4-5H2,1H3,(H,14,18)(H,15,19)(H,16,17). The summed E-state index contributed by atoms with van der Waals surface area (Å²) < 4.78 is 0. The molecule has 0 atom stereocenters. The summed E-state index contributed by atoms with van der Waals surface area (Å²) in [6.45, 7) is 3.24. The predicted octanol–water partition coefficient (Wildman–Crippen LogP) is 1.21. The molecule has 3 N–H and O–H groups in total. The van der Waals surface area contributed by atoms with Crippen LogP contribution in [0.5, 0.6) is 0 Å². The minimum atomic E-state index is -0.153. The summed E-state index contributed by atoms with van der Waals surface area (Å²) in [6, 6.07) is 3.59. The lowest BCUT2D eigenvalue weighted by Gasteiger charge is -2.07. The van der Waals surface area contributed by atoms with Gasteiger partial charge in [-0.05, 0) is 19.1 Å². The van der Waals surface area contributed by atoms with E-state index in [0.29, 0.717) is 12.2 Å². The highest BCUT2D eigenvalue weighted by atomic mass is 16.1. The molecule has 6 nitrogen and oxygen atoms in total. The average Bonchev–Trinajstić information content (AvgIpc) is 2.93. The minimum Gasteiger partial charge on any atom is -0.385 e. The Morgan fingerprint density at radius 3 is 3.11 bits per heavy atom. The first kappa shape index (κ1) is 13.1. The zero-order valence-corrected chi connectivity index (χ0v) is 10.8. The fourth-order valence-electron chi connectivity index (χ4n) is 1.68. The Morgan fingerprint density at radius 2 is 2.37 bits per heavy atom. The van der Waals surface area contributed by atoms with E-state index in [9.17, 15) is 4.79 Å². The third kappa shape index (κ3) is 3.80. The van der Waals surface area contributed by atoms with Gasteiger partial charge in [-0.15, -0.1) is 0 Å². The molecule has 0 aliphatic heterocycles. The van der Waals surface area contributed by atoms with Gasteiger partial charge < -0.3 is 15.6 Å². The number of aromatic nitrogens is 3. The highest BCUT2D eigenvalue weighted by Gasteiger charge is 2.06. The molecular formula is C13H17N5O. The summed E-state index contributed by atoms with van der Waals surface area (Å²) in [5, 5.41) is 5.98. The quantitative estimate of drug-likeness (QED) is 0.728. The van der Waals surface area contributed by atoms with Crippen LogP contribution in [0, 0.1) is 0 Å². The van der Waals surface area contributed by atoms with E-state index in [-0.39, 0.29) is 5.91 Å². The maximum atomic E-state index is 11.6. The van der Waals surface area contributed by atoms with Crippen molar-refractivity contribution >= 4 is 11.6 Å². The average molecular weight is 259 g/mol. The van der Waals surface area contributed by atoms with Gasteiger partial charge in [-0.25, -0.2) is 4.98 Å². The zero-order chi connectivity index (χ0) is 13.5. The molecule has 0 spiro atoms. The normalized spacial score (nSPS) is 10.2. The number of nitrogens with one attached hydrogen (secondary N) is 3. The first-order valence-electron chi connectivity index (χ1n) is 6.25. The van der Waals surface area contributed by atoms with Crippen molar-refractivity contribution in [1.82, 2.24) is 20.3 Å². The van der Waals surface area contributed by atoms with Crippen LogP contribution in [0.15, 0.2) is 30.9 Å². The second-order valence-electron chi connectivity index (χ2n) is 4.04. The number of carbonyl (C=O) groups is 1. The van der Waals surface area contributed by atoms with Gasteiger partial charge in [0.15, 0.2) is 0 Å². The minimum absolute atomic E-state index is 0.153. The van der Waals surface area contributed by atoms with Crippen molar-refractivity contribution in [3.05, 3.63) is 42.2 Å². The van der Waals surface area contributed by atoms with E-state index in [1.807, 2.05) is 13.0 Å². The highest BCUT2D eigenvalue weighted by Crippen LogP contribution is 2.08. The Kier molecular flexibility index (Phi) is 4.49. The van der Waals surface area contributed by atoms with Crippen molar-refractivity contribution in [1.29, 1.82) is 0 Å². The number of hydrogen-bond donors (Lipinski definition) is 3. The molecule has 0 aromatic carbocycles. The molecule has 100 valence electrons. The number of H-pyrrole nitrogens is 1. The number of imidazole rings is 1. The van der Waals surface area contributed by atoms with E-state index in [1.54, 1.807) is 24.8 Å². The number of rotatable bonds is 6. The molecule has 2 aromatic rings. The fourth-order valence-corrected chi connectivity index (χ4v) is 1.68. The Hall–Kier alpha value is -2.37. The lowest BCUT2D eigenvalue weighted by atomic mass is 10.2. The maximum Gasteiger partial charge on any atom is 0.269 e. The van der Waals surface area contributed by atoms with E-state index in [1.165, 1.54) is 0 Å². The van der Waals surface area contributed by atoms with Crippen molar-refractivity contribution in [2.24, 2.45) is 0 Å². The van der Waals surface area contributed by atoms with Crippen LogP contribution in [0.4, 0.5) is 5.69 Å². The molecule has 19 heavy (non-hydrogen) atoms. The first-order valence-corrected chi connectivity index (χ1v) is 6.25. The van der Waals surface area contributed by atoms with E-state index < -0.39 is 0 Å². The van der Waals surface area contributed by atoms with Gasteiger partial charge in [0.1, 0.15) is 5.69 Å². The Morgan fingerprint density at radius 1 is 1.47 bits per heavy atom. The Balaban J connectivity index is 1.90. The molecule has 0 aliphatic rings. The van der Waals surface area contributed by atoms with Crippen LogP contribution in [-0.2, 0) is 6.42 Å². The molecule has 2 aromatic heterocycles. The lowest BCUT2D eigenvalue weighted by molar-refractivity contribution is 0.0951. The molecule has 2 rings (SSSR count). The molecule has 0 unspecified atom stereocenters. The van der Waals surface area contributed by atoms with Crippen molar-refractivity contribution in [3.63, 3.8) is 0 Å². The summed E-state index contributed by atoms with van der Waals surface area (Å²) in [6.07, 6.45) is 5.94. The van der Waals surface area contributed by atoms with E-state index in [4.69, 9.17) is 0 Å². The van der Waals surface area contributed by atoms with Crippen LogP contribution in [-0.4, -0.2) is 33.9 Å². The molecule has 0 saturated heterocycles. The van der Waals surface area contributed by atoms with Crippen LogP contribution < -0.4 is 10.6 Å². The number of aromatic amines is 1. The van der Waals surface area contributed by atoms with E-state index in [2.05, 4.69) is 25.6 Å². The summed E-state index contributed by atoms with van der Waals surface area (Å²) >= 11 is 0. The van der Waals surface area contributed by atoms with Gasteiger partial charge in [0.25, 0.3) is 5.91 Å². The van der Waals surface area contributed by atoms with E-state index >= 15 is 0 Å². The second kappa shape index (κ2) is 6.53. The number of carbonyl (C=O) groups excluding carboxylic acids is 1. The number of pyridine rings is 1. The summed E-state index contributed by atoms with van der Waals surface area (Å²) in [4.78, 5) is 22.7. The van der Waals surface area contributed by atoms with Gasteiger partial charge >= 0.3 is 0 Å². The molecular weight excluding hydrogens is 242 g/mol.